The smallest absolute Gasteiger partial charge is 0.224 e. The summed E-state index contributed by atoms with van der Waals surface area (Å²) < 4.78 is 23.2. The standard InChI is InChI=1S/C16H23NO3S/c1-11-7-12(2)16(13(3)8-11)17-15(18)9-14-5-4-6-21(19,20)10-14/h7-8,14H,4-6,9-10H2,1-3H3,(H,17,18). The van der Waals surface area contributed by atoms with Gasteiger partial charge in [0.2, 0.25) is 5.91 Å². The first-order chi connectivity index (χ1) is 9.77. The van der Waals surface area contributed by atoms with Crippen LogP contribution in [0.1, 0.15) is 36.0 Å². The van der Waals surface area contributed by atoms with E-state index in [-0.39, 0.29) is 29.8 Å². The molecule has 0 spiro atoms. The quantitative estimate of drug-likeness (QED) is 0.934. The summed E-state index contributed by atoms with van der Waals surface area (Å²) in [5.74, 6) is 0.273. The Morgan fingerprint density at radius 3 is 2.43 bits per heavy atom. The third-order valence-electron chi connectivity index (χ3n) is 3.97. The molecule has 4 nitrogen and oxygen atoms in total. The highest BCUT2D eigenvalue weighted by molar-refractivity contribution is 7.91. The number of amides is 1. The van der Waals surface area contributed by atoms with E-state index in [0.717, 1.165) is 23.2 Å². The summed E-state index contributed by atoms with van der Waals surface area (Å²) in [5, 5.41) is 2.95. The van der Waals surface area contributed by atoms with Crippen LogP contribution in [0.4, 0.5) is 5.69 Å². The van der Waals surface area contributed by atoms with Crippen LogP contribution < -0.4 is 5.32 Å². The molecule has 0 aromatic heterocycles. The van der Waals surface area contributed by atoms with Crippen molar-refractivity contribution in [3.05, 3.63) is 28.8 Å². The van der Waals surface area contributed by atoms with Crippen LogP contribution in [0.15, 0.2) is 12.1 Å². The first-order valence-electron chi connectivity index (χ1n) is 7.35. The molecule has 1 atom stereocenters. The number of anilines is 1. The maximum absolute atomic E-state index is 12.2. The number of nitrogens with one attached hydrogen (secondary N) is 1. The fraction of sp³-hybridized carbons (Fsp3) is 0.562. The molecule has 0 aliphatic carbocycles. The average molecular weight is 309 g/mol. The fourth-order valence-corrected chi connectivity index (χ4v) is 4.88. The molecular formula is C16H23NO3S. The van der Waals surface area contributed by atoms with Crippen molar-refractivity contribution in [2.75, 3.05) is 16.8 Å². The van der Waals surface area contributed by atoms with Gasteiger partial charge in [0, 0.05) is 12.1 Å². The van der Waals surface area contributed by atoms with Gasteiger partial charge in [-0.25, -0.2) is 8.42 Å². The van der Waals surface area contributed by atoms with Crippen LogP contribution >= 0.6 is 0 Å². The molecule has 1 aromatic carbocycles. The van der Waals surface area contributed by atoms with E-state index < -0.39 is 9.84 Å². The summed E-state index contributed by atoms with van der Waals surface area (Å²) in [4.78, 5) is 12.2. The molecule has 1 saturated heterocycles. The van der Waals surface area contributed by atoms with E-state index in [1.807, 2.05) is 32.9 Å². The zero-order valence-corrected chi connectivity index (χ0v) is 13.7. The third-order valence-corrected chi connectivity index (χ3v) is 5.86. The summed E-state index contributed by atoms with van der Waals surface area (Å²) in [5.41, 5.74) is 4.10. The van der Waals surface area contributed by atoms with Crippen molar-refractivity contribution in [1.82, 2.24) is 0 Å². The van der Waals surface area contributed by atoms with Crippen molar-refractivity contribution in [1.29, 1.82) is 0 Å². The predicted molar refractivity (Wildman–Crippen MR) is 85.3 cm³/mol. The lowest BCUT2D eigenvalue weighted by Crippen LogP contribution is -2.28. The fourth-order valence-electron chi connectivity index (χ4n) is 3.11. The predicted octanol–water partition coefficient (Wildman–Crippen LogP) is 2.77. The second-order valence-electron chi connectivity index (χ2n) is 6.15. The second-order valence-corrected chi connectivity index (χ2v) is 8.38. The molecule has 116 valence electrons. The van der Waals surface area contributed by atoms with Crippen LogP contribution in [-0.4, -0.2) is 25.8 Å². The molecule has 1 unspecified atom stereocenters. The Labute approximate surface area is 126 Å². The number of aryl methyl sites for hydroxylation is 3. The normalized spacial score (nSPS) is 21.0. The molecule has 1 aromatic rings. The van der Waals surface area contributed by atoms with Gasteiger partial charge in [-0.1, -0.05) is 17.7 Å². The van der Waals surface area contributed by atoms with Gasteiger partial charge in [-0.3, -0.25) is 4.79 Å². The molecule has 1 aliphatic heterocycles. The number of benzene rings is 1. The van der Waals surface area contributed by atoms with E-state index in [1.54, 1.807) is 0 Å². The Balaban J connectivity index is 2.02. The van der Waals surface area contributed by atoms with E-state index in [0.29, 0.717) is 6.42 Å². The van der Waals surface area contributed by atoms with Crippen LogP contribution in [0.3, 0.4) is 0 Å². The van der Waals surface area contributed by atoms with E-state index >= 15 is 0 Å². The second kappa shape index (κ2) is 6.18. The lowest BCUT2D eigenvalue weighted by Gasteiger charge is -2.22. The third kappa shape index (κ3) is 4.30. The van der Waals surface area contributed by atoms with Gasteiger partial charge >= 0.3 is 0 Å². The lowest BCUT2D eigenvalue weighted by atomic mass is 10.0. The molecule has 1 aliphatic rings. The monoisotopic (exact) mass is 309 g/mol. The van der Waals surface area contributed by atoms with Gasteiger partial charge < -0.3 is 5.32 Å². The minimum atomic E-state index is -2.95. The van der Waals surface area contributed by atoms with Crippen molar-refractivity contribution < 1.29 is 13.2 Å². The largest absolute Gasteiger partial charge is 0.326 e. The number of rotatable bonds is 3. The van der Waals surface area contributed by atoms with Gasteiger partial charge in [-0.15, -0.1) is 0 Å². The molecule has 21 heavy (non-hydrogen) atoms. The first kappa shape index (κ1) is 16.0. The van der Waals surface area contributed by atoms with E-state index in [1.165, 1.54) is 5.56 Å². The topological polar surface area (TPSA) is 63.2 Å². The van der Waals surface area contributed by atoms with Crippen LogP contribution in [0, 0.1) is 26.7 Å². The SMILES string of the molecule is Cc1cc(C)c(NC(=O)CC2CCCS(=O)(=O)C2)c(C)c1. The summed E-state index contributed by atoms with van der Waals surface area (Å²) in [6, 6.07) is 4.07. The summed E-state index contributed by atoms with van der Waals surface area (Å²) in [7, 11) is -2.95. The van der Waals surface area contributed by atoms with Gasteiger partial charge in [0.1, 0.15) is 0 Å². The molecule has 1 fully saturated rings. The van der Waals surface area contributed by atoms with Crippen molar-refractivity contribution in [3.8, 4) is 0 Å². The molecule has 0 radical (unpaired) electrons. The van der Waals surface area contributed by atoms with Crippen LogP contribution in [0.25, 0.3) is 0 Å². The zero-order chi connectivity index (χ0) is 15.6. The summed E-state index contributed by atoms with van der Waals surface area (Å²) >= 11 is 0. The summed E-state index contributed by atoms with van der Waals surface area (Å²) in [6.07, 6.45) is 1.77. The number of hydrogen-bond acceptors (Lipinski definition) is 3. The number of carbonyl (C=O) groups excluding carboxylic acids is 1. The van der Waals surface area contributed by atoms with Crippen molar-refractivity contribution in [3.63, 3.8) is 0 Å². The maximum Gasteiger partial charge on any atom is 0.224 e. The molecule has 2 rings (SSSR count). The number of sulfone groups is 1. The van der Waals surface area contributed by atoms with Gasteiger partial charge in [-0.05, 0) is 50.7 Å². The lowest BCUT2D eigenvalue weighted by molar-refractivity contribution is -0.117. The van der Waals surface area contributed by atoms with Gasteiger partial charge in [0.15, 0.2) is 9.84 Å². The number of carbonyl (C=O) groups is 1. The highest BCUT2D eigenvalue weighted by atomic mass is 32.2. The Hall–Kier alpha value is -1.36. The molecule has 1 N–H and O–H groups in total. The minimum absolute atomic E-state index is 0.0465. The van der Waals surface area contributed by atoms with Crippen molar-refractivity contribution >= 4 is 21.4 Å². The molecule has 0 saturated carbocycles. The number of hydrogen-bond donors (Lipinski definition) is 1. The Kier molecular flexibility index (Phi) is 4.71. The zero-order valence-electron chi connectivity index (χ0n) is 12.9. The molecule has 5 heteroatoms. The Morgan fingerprint density at radius 1 is 1.24 bits per heavy atom. The van der Waals surface area contributed by atoms with Gasteiger partial charge in [-0.2, -0.15) is 0 Å². The van der Waals surface area contributed by atoms with Crippen molar-refractivity contribution in [2.45, 2.75) is 40.0 Å². The van der Waals surface area contributed by atoms with E-state index in [2.05, 4.69) is 5.32 Å². The van der Waals surface area contributed by atoms with Gasteiger partial charge in [0.25, 0.3) is 0 Å². The Bertz CT molecular complexity index is 626. The molecule has 0 bridgehead atoms. The maximum atomic E-state index is 12.2. The van der Waals surface area contributed by atoms with E-state index in [4.69, 9.17) is 0 Å². The molecule has 1 heterocycles. The van der Waals surface area contributed by atoms with Crippen LogP contribution in [0.2, 0.25) is 0 Å². The highest BCUT2D eigenvalue weighted by Crippen LogP contribution is 2.25. The summed E-state index contributed by atoms with van der Waals surface area (Å²) in [6.45, 7) is 5.97. The van der Waals surface area contributed by atoms with Crippen molar-refractivity contribution in [2.24, 2.45) is 5.92 Å². The molecule has 1 amide bonds. The van der Waals surface area contributed by atoms with Crippen LogP contribution in [-0.2, 0) is 14.6 Å². The van der Waals surface area contributed by atoms with Gasteiger partial charge in [0.05, 0.1) is 11.5 Å². The Morgan fingerprint density at radius 2 is 1.86 bits per heavy atom. The first-order valence-corrected chi connectivity index (χ1v) is 9.17. The highest BCUT2D eigenvalue weighted by Gasteiger charge is 2.26. The molecular weight excluding hydrogens is 286 g/mol. The van der Waals surface area contributed by atoms with E-state index in [9.17, 15) is 13.2 Å². The average Bonchev–Trinajstić information content (AvgIpc) is 2.32. The van der Waals surface area contributed by atoms with Crippen LogP contribution in [0.5, 0.6) is 0 Å². The minimum Gasteiger partial charge on any atom is -0.326 e.